The fourth-order valence-electron chi connectivity index (χ4n) is 2.14. The Morgan fingerprint density at radius 2 is 1.84 bits per heavy atom. The summed E-state index contributed by atoms with van der Waals surface area (Å²) in [6.07, 6.45) is 1.74. The van der Waals surface area contributed by atoms with E-state index in [1.807, 2.05) is 31.4 Å². The van der Waals surface area contributed by atoms with Gasteiger partial charge in [-0.05, 0) is 26.0 Å². The normalized spacial score (nSPS) is 11.8. The average Bonchev–Trinajstić information content (AvgIpc) is 2.96. The molecule has 0 radical (unpaired) electrons. The largest absolute Gasteiger partial charge is 0.493 e. The molecule has 1 aromatic carbocycles. The predicted molar refractivity (Wildman–Crippen MR) is 101 cm³/mol. The van der Waals surface area contributed by atoms with Crippen molar-refractivity contribution in [2.45, 2.75) is 13.8 Å². The van der Waals surface area contributed by atoms with E-state index in [4.69, 9.17) is 14.2 Å². The molecule has 0 bridgehead atoms. The van der Waals surface area contributed by atoms with Crippen LogP contribution in [-0.2, 0) is 0 Å². The Bertz CT molecular complexity index is 824. The van der Waals surface area contributed by atoms with E-state index in [9.17, 15) is 0 Å². The summed E-state index contributed by atoms with van der Waals surface area (Å²) >= 11 is 1.55. The van der Waals surface area contributed by atoms with Crippen LogP contribution in [-0.4, -0.2) is 38.8 Å². The van der Waals surface area contributed by atoms with E-state index >= 15 is 0 Å². The number of ether oxygens (including phenoxy) is 3. The highest BCUT2D eigenvalue weighted by atomic mass is 32.1. The summed E-state index contributed by atoms with van der Waals surface area (Å²) in [5.41, 5.74) is 2.85. The lowest BCUT2D eigenvalue weighted by Gasteiger charge is -2.12. The van der Waals surface area contributed by atoms with Crippen molar-refractivity contribution in [3.63, 3.8) is 0 Å². The van der Waals surface area contributed by atoms with Crippen LogP contribution in [0.15, 0.2) is 39.8 Å². The number of hydrogen-bond acceptors (Lipinski definition) is 6. The first kappa shape index (κ1) is 18.8. The molecule has 1 heterocycles. The maximum absolute atomic E-state index is 5.37. The zero-order valence-electron chi connectivity index (χ0n) is 15.2. The van der Waals surface area contributed by atoms with Crippen molar-refractivity contribution in [2.75, 3.05) is 27.9 Å². The summed E-state index contributed by atoms with van der Waals surface area (Å²) in [4.78, 5) is 5.36. The number of benzene rings is 1. The molecule has 0 unspecified atom stereocenters. The van der Waals surface area contributed by atoms with Crippen LogP contribution >= 0.6 is 11.3 Å². The Kier molecular flexibility index (Phi) is 6.41. The molecule has 0 N–H and O–H groups in total. The number of rotatable bonds is 7. The van der Waals surface area contributed by atoms with E-state index in [1.54, 1.807) is 43.6 Å². The van der Waals surface area contributed by atoms with E-state index in [0.717, 1.165) is 21.6 Å². The fourth-order valence-corrected chi connectivity index (χ4v) is 2.94. The maximum atomic E-state index is 5.37. The Labute approximate surface area is 151 Å². The van der Waals surface area contributed by atoms with Gasteiger partial charge in [-0.25, -0.2) is 4.68 Å². The molecule has 0 aliphatic heterocycles. The van der Waals surface area contributed by atoms with Crippen molar-refractivity contribution in [1.82, 2.24) is 4.68 Å². The van der Waals surface area contributed by atoms with Crippen molar-refractivity contribution in [1.29, 1.82) is 0 Å². The first-order valence-electron chi connectivity index (χ1n) is 7.66. The first-order chi connectivity index (χ1) is 12.0. The third-order valence-corrected chi connectivity index (χ3v) is 4.32. The van der Waals surface area contributed by atoms with Crippen LogP contribution in [0.1, 0.15) is 18.2 Å². The van der Waals surface area contributed by atoms with Gasteiger partial charge < -0.3 is 14.2 Å². The molecule has 0 fully saturated rings. The summed E-state index contributed by atoms with van der Waals surface area (Å²) < 4.78 is 17.9. The minimum absolute atomic E-state index is 0.554. The maximum Gasteiger partial charge on any atom is 0.206 e. The van der Waals surface area contributed by atoms with Crippen molar-refractivity contribution < 1.29 is 14.2 Å². The van der Waals surface area contributed by atoms with Gasteiger partial charge in [0.05, 0.1) is 39.8 Å². The SMILES string of the molecule is C=C(C)CN=c1scc(C)n1N=Cc1cc(OC)c(OC)c(OC)c1. The molecule has 6 nitrogen and oxygen atoms in total. The van der Waals surface area contributed by atoms with Crippen LogP contribution in [0, 0.1) is 6.92 Å². The monoisotopic (exact) mass is 361 g/mol. The van der Waals surface area contributed by atoms with Crippen molar-refractivity contribution in [3.8, 4) is 17.2 Å². The number of aromatic nitrogens is 1. The van der Waals surface area contributed by atoms with Gasteiger partial charge in [-0.3, -0.25) is 4.99 Å². The molecule has 0 saturated carbocycles. The molecule has 0 saturated heterocycles. The molecule has 0 atom stereocenters. The molecule has 0 aliphatic carbocycles. The second-order valence-corrected chi connectivity index (χ2v) is 6.28. The third-order valence-electron chi connectivity index (χ3n) is 3.34. The Hall–Kier alpha value is -2.54. The molecule has 1 aromatic heterocycles. The molecule has 0 amide bonds. The van der Waals surface area contributed by atoms with Crippen LogP contribution in [0.3, 0.4) is 0 Å². The molecule has 2 aromatic rings. The Morgan fingerprint density at radius 3 is 2.36 bits per heavy atom. The van der Waals surface area contributed by atoms with E-state index in [-0.39, 0.29) is 0 Å². The molecule has 0 aliphatic rings. The summed E-state index contributed by atoms with van der Waals surface area (Å²) in [6.45, 7) is 8.40. The molecular formula is C18H23N3O3S. The smallest absolute Gasteiger partial charge is 0.206 e. The standard InChI is InChI=1S/C18H23N3O3S/c1-12(2)9-19-18-21(13(3)11-25-18)20-10-14-7-15(22-4)17(24-6)16(8-14)23-5/h7-8,10-11H,1,9H2,2-6H3. The van der Waals surface area contributed by atoms with Crippen molar-refractivity contribution in [2.24, 2.45) is 10.1 Å². The molecule has 25 heavy (non-hydrogen) atoms. The van der Waals surface area contributed by atoms with Crippen LogP contribution in [0.5, 0.6) is 17.2 Å². The predicted octanol–water partition coefficient (Wildman–Crippen LogP) is 3.24. The summed E-state index contributed by atoms with van der Waals surface area (Å²) in [6, 6.07) is 3.69. The number of nitrogens with zero attached hydrogens (tertiary/aromatic N) is 3. The van der Waals surface area contributed by atoms with E-state index in [0.29, 0.717) is 23.8 Å². The number of aryl methyl sites for hydroxylation is 1. The number of methoxy groups -OCH3 is 3. The van der Waals surface area contributed by atoms with Crippen LogP contribution in [0.25, 0.3) is 0 Å². The van der Waals surface area contributed by atoms with E-state index in [1.165, 1.54) is 0 Å². The molecule has 0 spiro atoms. The fraction of sp³-hybridized carbons (Fsp3) is 0.333. The lowest BCUT2D eigenvalue weighted by molar-refractivity contribution is 0.324. The quantitative estimate of drug-likeness (QED) is 0.562. The van der Waals surface area contributed by atoms with Crippen molar-refractivity contribution in [3.05, 3.63) is 45.7 Å². The van der Waals surface area contributed by atoms with Gasteiger partial charge in [-0.1, -0.05) is 12.2 Å². The van der Waals surface area contributed by atoms with Gasteiger partial charge in [0.1, 0.15) is 0 Å². The second kappa shape index (κ2) is 8.53. The van der Waals surface area contributed by atoms with Gasteiger partial charge in [0.25, 0.3) is 0 Å². The van der Waals surface area contributed by atoms with Crippen LogP contribution in [0.2, 0.25) is 0 Å². The van der Waals surface area contributed by atoms with Crippen LogP contribution in [0.4, 0.5) is 0 Å². The zero-order chi connectivity index (χ0) is 18.4. The summed E-state index contributed by atoms with van der Waals surface area (Å²) in [5, 5.41) is 6.56. The highest BCUT2D eigenvalue weighted by molar-refractivity contribution is 7.07. The van der Waals surface area contributed by atoms with Gasteiger partial charge in [0.2, 0.25) is 10.6 Å². The van der Waals surface area contributed by atoms with Crippen LogP contribution < -0.4 is 19.0 Å². The molecule has 2 rings (SSSR count). The zero-order valence-corrected chi connectivity index (χ0v) is 16.0. The second-order valence-electron chi connectivity index (χ2n) is 5.45. The van der Waals surface area contributed by atoms with E-state index in [2.05, 4.69) is 16.7 Å². The first-order valence-corrected chi connectivity index (χ1v) is 8.54. The van der Waals surface area contributed by atoms with Gasteiger partial charge in [0, 0.05) is 10.9 Å². The third kappa shape index (κ3) is 4.51. The Balaban J connectivity index is 2.42. The van der Waals surface area contributed by atoms with Gasteiger partial charge >= 0.3 is 0 Å². The molecule has 134 valence electrons. The van der Waals surface area contributed by atoms with Crippen molar-refractivity contribution >= 4 is 17.6 Å². The topological polar surface area (TPSA) is 57.3 Å². The number of thiazole rings is 1. The highest BCUT2D eigenvalue weighted by Gasteiger charge is 2.12. The average molecular weight is 361 g/mol. The summed E-state index contributed by atoms with van der Waals surface area (Å²) in [5.74, 6) is 1.73. The van der Waals surface area contributed by atoms with Gasteiger partial charge in [0.15, 0.2) is 11.5 Å². The molecule has 7 heteroatoms. The van der Waals surface area contributed by atoms with Gasteiger partial charge in [-0.2, -0.15) is 5.10 Å². The lowest BCUT2D eigenvalue weighted by Crippen LogP contribution is -2.13. The molecular weight excluding hydrogens is 338 g/mol. The minimum atomic E-state index is 0.554. The van der Waals surface area contributed by atoms with E-state index < -0.39 is 0 Å². The number of hydrogen-bond donors (Lipinski definition) is 0. The Morgan fingerprint density at radius 1 is 1.20 bits per heavy atom. The lowest BCUT2D eigenvalue weighted by atomic mass is 10.2. The van der Waals surface area contributed by atoms with Gasteiger partial charge in [-0.15, -0.1) is 11.3 Å². The highest BCUT2D eigenvalue weighted by Crippen LogP contribution is 2.37. The minimum Gasteiger partial charge on any atom is -0.493 e. The summed E-state index contributed by atoms with van der Waals surface area (Å²) in [7, 11) is 4.75.